The summed E-state index contributed by atoms with van der Waals surface area (Å²) in [6, 6.07) is -0.632. The van der Waals surface area contributed by atoms with Gasteiger partial charge in [0.15, 0.2) is 5.96 Å². The Morgan fingerprint density at radius 1 is 0.962 bits per heavy atom. The summed E-state index contributed by atoms with van der Waals surface area (Å²) in [7, 11) is 0. The second-order valence-corrected chi connectivity index (χ2v) is 6.61. The first-order valence-corrected chi connectivity index (χ1v) is 10.0. The molecule has 0 unspecified atom stereocenters. The zero-order valence-electron chi connectivity index (χ0n) is 16.6. The minimum atomic E-state index is -0.632. The van der Waals surface area contributed by atoms with Crippen LogP contribution >= 0.6 is 0 Å². The van der Waals surface area contributed by atoms with E-state index in [4.69, 9.17) is 16.2 Å². The Bertz CT molecular complexity index is 410. The third kappa shape index (κ3) is 14.5. The minimum absolute atomic E-state index is 0.0260. The number of unbranched alkanes of at least 4 members (excludes halogenated alkanes) is 6. The molecule has 0 fully saturated rings. The molecule has 0 aromatic carbocycles. The summed E-state index contributed by atoms with van der Waals surface area (Å²) in [5.41, 5.74) is 10.6. The summed E-state index contributed by atoms with van der Waals surface area (Å²) in [6.07, 6.45) is 10.3. The fourth-order valence-corrected chi connectivity index (χ4v) is 2.56. The van der Waals surface area contributed by atoms with Crippen molar-refractivity contribution in [3.63, 3.8) is 0 Å². The number of hydrogen-bond donors (Lipinski definition) is 3. The number of aliphatic imine (C=N–C) groups is 1. The highest BCUT2D eigenvalue weighted by Crippen LogP contribution is 2.09. The fraction of sp³-hybridized carbons (Fsp3) is 0.842. The number of nitrogens with two attached hydrogens (primary N) is 2. The highest BCUT2D eigenvalue weighted by atomic mass is 16.5. The van der Waals surface area contributed by atoms with Crippen molar-refractivity contribution < 1.29 is 14.3 Å². The molecule has 0 radical (unpaired) electrons. The predicted octanol–water partition coefficient (Wildman–Crippen LogP) is 2.62. The molecule has 0 bridgehead atoms. The van der Waals surface area contributed by atoms with Gasteiger partial charge in [-0.1, -0.05) is 52.4 Å². The maximum Gasteiger partial charge on any atom is 0.328 e. The average Bonchev–Trinajstić information content (AvgIpc) is 2.61. The molecule has 0 aliphatic heterocycles. The molecule has 5 N–H and O–H groups in total. The van der Waals surface area contributed by atoms with Crippen LogP contribution in [0.5, 0.6) is 0 Å². The SMILES string of the molecule is CCCCCCCCCC(=O)N[C@@H](CCCN=C(N)N)C(=O)OCCC. The van der Waals surface area contributed by atoms with Gasteiger partial charge in [-0.15, -0.1) is 0 Å². The van der Waals surface area contributed by atoms with Gasteiger partial charge in [-0.25, -0.2) is 4.79 Å². The lowest BCUT2D eigenvalue weighted by Gasteiger charge is -2.17. The average molecular weight is 371 g/mol. The van der Waals surface area contributed by atoms with Gasteiger partial charge in [0.05, 0.1) is 6.61 Å². The van der Waals surface area contributed by atoms with Gasteiger partial charge < -0.3 is 21.5 Å². The van der Waals surface area contributed by atoms with Crippen LogP contribution in [0.3, 0.4) is 0 Å². The van der Waals surface area contributed by atoms with Gasteiger partial charge >= 0.3 is 5.97 Å². The molecule has 1 atom stereocenters. The summed E-state index contributed by atoms with van der Waals surface area (Å²) < 4.78 is 5.17. The van der Waals surface area contributed by atoms with Crippen LogP contribution in [0.2, 0.25) is 0 Å². The van der Waals surface area contributed by atoms with Crippen LogP contribution < -0.4 is 16.8 Å². The molecule has 0 rings (SSSR count). The molecule has 1 amide bonds. The molecular formula is C19H38N4O3. The molecular weight excluding hydrogens is 332 g/mol. The standard InChI is InChI=1S/C19H38N4O3/c1-3-5-6-7-8-9-10-13-17(24)23-16(18(25)26-15-4-2)12-11-14-22-19(20)21/h16H,3-15H2,1-2H3,(H,23,24)(H4,20,21,22)/t16-/m0/s1. The lowest BCUT2D eigenvalue weighted by Crippen LogP contribution is -2.42. The first-order chi connectivity index (χ1) is 12.5. The Kier molecular flexibility index (Phi) is 15.5. The number of rotatable bonds is 16. The molecule has 152 valence electrons. The predicted molar refractivity (Wildman–Crippen MR) is 106 cm³/mol. The zero-order valence-corrected chi connectivity index (χ0v) is 16.6. The van der Waals surface area contributed by atoms with E-state index >= 15 is 0 Å². The largest absolute Gasteiger partial charge is 0.464 e. The molecule has 0 aliphatic carbocycles. The van der Waals surface area contributed by atoms with Crippen molar-refractivity contribution in [2.45, 2.75) is 90.5 Å². The van der Waals surface area contributed by atoms with Crippen LogP contribution in [0, 0.1) is 0 Å². The number of hydrogen-bond acceptors (Lipinski definition) is 4. The second-order valence-electron chi connectivity index (χ2n) is 6.61. The van der Waals surface area contributed by atoms with Crippen LogP contribution in [-0.4, -0.2) is 37.0 Å². The van der Waals surface area contributed by atoms with Crippen molar-refractivity contribution in [2.75, 3.05) is 13.2 Å². The van der Waals surface area contributed by atoms with Crippen molar-refractivity contribution in [2.24, 2.45) is 16.5 Å². The Balaban J connectivity index is 4.17. The van der Waals surface area contributed by atoms with Gasteiger partial charge in [-0.2, -0.15) is 0 Å². The third-order valence-corrected chi connectivity index (χ3v) is 4.02. The van der Waals surface area contributed by atoms with Crippen LogP contribution in [0.25, 0.3) is 0 Å². The highest BCUT2D eigenvalue weighted by Gasteiger charge is 2.21. The van der Waals surface area contributed by atoms with E-state index in [1.54, 1.807) is 0 Å². The van der Waals surface area contributed by atoms with E-state index in [-0.39, 0.29) is 17.8 Å². The molecule has 0 saturated heterocycles. The van der Waals surface area contributed by atoms with E-state index in [0.29, 0.717) is 32.4 Å². The van der Waals surface area contributed by atoms with Crippen LogP contribution in [0.1, 0.15) is 84.5 Å². The summed E-state index contributed by atoms with van der Waals surface area (Å²) >= 11 is 0. The Morgan fingerprint density at radius 2 is 1.62 bits per heavy atom. The number of nitrogens with zero attached hydrogens (tertiary/aromatic N) is 1. The molecule has 7 heteroatoms. The lowest BCUT2D eigenvalue weighted by atomic mass is 10.1. The van der Waals surface area contributed by atoms with E-state index in [1.807, 2.05) is 6.92 Å². The highest BCUT2D eigenvalue weighted by molar-refractivity contribution is 5.84. The summed E-state index contributed by atoms with van der Waals surface area (Å²) in [6.45, 7) is 4.91. The normalized spacial score (nSPS) is 11.6. The number of carbonyl (C=O) groups is 2. The topological polar surface area (TPSA) is 120 Å². The van der Waals surface area contributed by atoms with Gasteiger partial charge in [0.1, 0.15) is 6.04 Å². The van der Waals surface area contributed by atoms with Crippen molar-refractivity contribution in [1.29, 1.82) is 0 Å². The van der Waals surface area contributed by atoms with Gasteiger partial charge in [-0.05, 0) is 25.7 Å². The minimum Gasteiger partial charge on any atom is -0.464 e. The first kappa shape index (κ1) is 24.2. The van der Waals surface area contributed by atoms with Crippen LogP contribution in [-0.2, 0) is 14.3 Å². The maximum atomic E-state index is 12.1. The molecule has 0 aromatic heterocycles. The maximum absolute atomic E-state index is 12.1. The number of carbonyl (C=O) groups excluding carboxylic acids is 2. The van der Waals surface area contributed by atoms with E-state index in [1.165, 1.54) is 25.7 Å². The Morgan fingerprint density at radius 3 is 2.23 bits per heavy atom. The van der Waals surface area contributed by atoms with Crippen molar-refractivity contribution in [1.82, 2.24) is 5.32 Å². The molecule has 0 heterocycles. The summed E-state index contributed by atoms with van der Waals surface area (Å²) in [5.74, 6) is -0.457. The van der Waals surface area contributed by atoms with Crippen molar-refractivity contribution in [3.05, 3.63) is 0 Å². The summed E-state index contributed by atoms with van der Waals surface area (Å²) in [5, 5.41) is 2.80. The Labute approximate surface area is 158 Å². The van der Waals surface area contributed by atoms with Crippen LogP contribution in [0.15, 0.2) is 4.99 Å². The van der Waals surface area contributed by atoms with E-state index in [0.717, 1.165) is 25.7 Å². The van der Waals surface area contributed by atoms with Gasteiger partial charge in [0.25, 0.3) is 0 Å². The lowest BCUT2D eigenvalue weighted by molar-refractivity contribution is -0.148. The quantitative estimate of drug-likeness (QED) is 0.167. The van der Waals surface area contributed by atoms with Crippen molar-refractivity contribution >= 4 is 17.8 Å². The van der Waals surface area contributed by atoms with E-state index in [2.05, 4.69) is 17.2 Å². The zero-order chi connectivity index (χ0) is 19.6. The van der Waals surface area contributed by atoms with Crippen LogP contribution in [0.4, 0.5) is 0 Å². The number of nitrogens with one attached hydrogen (secondary N) is 1. The summed E-state index contributed by atoms with van der Waals surface area (Å²) in [4.78, 5) is 28.1. The molecule has 0 aliphatic rings. The molecule has 26 heavy (non-hydrogen) atoms. The first-order valence-electron chi connectivity index (χ1n) is 10.0. The number of esters is 1. The smallest absolute Gasteiger partial charge is 0.328 e. The van der Waals surface area contributed by atoms with E-state index in [9.17, 15) is 9.59 Å². The molecule has 7 nitrogen and oxygen atoms in total. The van der Waals surface area contributed by atoms with Gasteiger partial charge in [0.2, 0.25) is 5.91 Å². The van der Waals surface area contributed by atoms with Gasteiger partial charge in [-0.3, -0.25) is 9.79 Å². The molecule has 0 saturated carbocycles. The number of ether oxygens (including phenoxy) is 1. The fourth-order valence-electron chi connectivity index (χ4n) is 2.56. The number of amides is 1. The van der Waals surface area contributed by atoms with E-state index < -0.39 is 6.04 Å². The Hall–Kier alpha value is -1.79. The monoisotopic (exact) mass is 370 g/mol. The molecule has 0 aromatic rings. The van der Waals surface area contributed by atoms with Gasteiger partial charge in [0, 0.05) is 13.0 Å². The second kappa shape index (κ2) is 16.7. The third-order valence-electron chi connectivity index (χ3n) is 4.02. The van der Waals surface area contributed by atoms with Crippen molar-refractivity contribution in [3.8, 4) is 0 Å². The molecule has 0 spiro atoms. The number of guanidine groups is 1.